The van der Waals surface area contributed by atoms with Gasteiger partial charge in [0, 0.05) is 25.0 Å². The molecule has 8 heteroatoms. The van der Waals surface area contributed by atoms with E-state index in [2.05, 4.69) is 33.9 Å². The summed E-state index contributed by atoms with van der Waals surface area (Å²) in [4.78, 5) is 35.8. The van der Waals surface area contributed by atoms with Crippen molar-refractivity contribution in [2.75, 3.05) is 0 Å². The van der Waals surface area contributed by atoms with E-state index in [1.165, 1.54) is 12.2 Å². The van der Waals surface area contributed by atoms with E-state index in [4.69, 9.17) is 18.6 Å². The molecule has 0 rings (SSSR count). The molecular weight excluding hydrogens is 452 g/mol. The standard InChI is InChI=1S/C26H46O7Si/c1-19(15-13-17-23(28)32-25(4,5)6)30-22(27)16-12-14-20(2)31-24(29)18-21(3)33-34(10,11)26(7,8)9/h12-13,16-17,19-21H,14-15,18H2,1-11H3. The summed E-state index contributed by atoms with van der Waals surface area (Å²) >= 11 is 0. The van der Waals surface area contributed by atoms with Crippen LogP contribution in [0, 0.1) is 0 Å². The maximum atomic E-state index is 12.2. The first kappa shape index (κ1) is 32.1. The minimum atomic E-state index is -1.94. The van der Waals surface area contributed by atoms with E-state index in [1.807, 2.05) is 6.92 Å². The number of carbonyl (C=O) groups excluding carboxylic acids is 3. The van der Waals surface area contributed by atoms with Gasteiger partial charge in [0.05, 0.1) is 12.5 Å². The van der Waals surface area contributed by atoms with Crippen molar-refractivity contribution >= 4 is 26.2 Å². The minimum Gasteiger partial charge on any atom is -0.462 e. The largest absolute Gasteiger partial charge is 0.462 e. The highest BCUT2D eigenvalue weighted by Crippen LogP contribution is 2.37. The summed E-state index contributed by atoms with van der Waals surface area (Å²) in [6.07, 6.45) is 5.90. The fraction of sp³-hybridized carbons (Fsp3) is 0.731. The van der Waals surface area contributed by atoms with Crippen molar-refractivity contribution in [2.24, 2.45) is 0 Å². The van der Waals surface area contributed by atoms with Gasteiger partial charge in [-0.1, -0.05) is 32.9 Å². The monoisotopic (exact) mass is 498 g/mol. The lowest BCUT2D eigenvalue weighted by Crippen LogP contribution is -2.43. The molecular formula is C26H46O7Si. The van der Waals surface area contributed by atoms with Gasteiger partial charge in [-0.25, -0.2) is 9.59 Å². The Kier molecular flexibility index (Phi) is 13.0. The van der Waals surface area contributed by atoms with Crippen LogP contribution < -0.4 is 0 Å². The van der Waals surface area contributed by atoms with E-state index in [9.17, 15) is 14.4 Å². The molecule has 0 bridgehead atoms. The molecule has 0 N–H and O–H groups in total. The van der Waals surface area contributed by atoms with Gasteiger partial charge in [0.1, 0.15) is 17.8 Å². The van der Waals surface area contributed by atoms with Crippen molar-refractivity contribution in [1.82, 2.24) is 0 Å². The lowest BCUT2D eigenvalue weighted by molar-refractivity contribution is -0.150. The fourth-order valence-corrected chi connectivity index (χ4v) is 4.05. The Hall–Kier alpha value is -1.93. The fourth-order valence-electron chi connectivity index (χ4n) is 2.61. The molecule has 7 nitrogen and oxygen atoms in total. The van der Waals surface area contributed by atoms with Crippen molar-refractivity contribution in [3.8, 4) is 0 Å². The summed E-state index contributed by atoms with van der Waals surface area (Å²) in [7, 11) is -1.94. The Labute approximate surface area is 207 Å². The summed E-state index contributed by atoms with van der Waals surface area (Å²) in [5.74, 6) is -1.25. The molecule has 3 unspecified atom stereocenters. The van der Waals surface area contributed by atoms with Gasteiger partial charge in [0.15, 0.2) is 8.32 Å². The van der Waals surface area contributed by atoms with Crippen LogP contribution in [-0.4, -0.2) is 50.1 Å². The van der Waals surface area contributed by atoms with Gasteiger partial charge in [0.25, 0.3) is 0 Å². The molecule has 0 aliphatic rings. The second-order valence-electron chi connectivity index (χ2n) is 11.3. The number of ether oxygens (including phenoxy) is 3. The van der Waals surface area contributed by atoms with Crippen LogP contribution in [-0.2, 0) is 33.0 Å². The van der Waals surface area contributed by atoms with Gasteiger partial charge in [-0.3, -0.25) is 4.79 Å². The Balaban J connectivity index is 4.34. The number of esters is 3. The van der Waals surface area contributed by atoms with Crippen LogP contribution in [0.2, 0.25) is 18.1 Å². The van der Waals surface area contributed by atoms with Crippen LogP contribution >= 0.6 is 0 Å². The third-order valence-corrected chi connectivity index (χ3v) is 9.86. The molecule has 3 atom stereocenters. The van der Waals surface area contributed by atoms with Crippen molar-refractivity contribution in [1.29, 1.82) is 0 Å². The lowest BCUT2D eigenvalue weighted by Gasteiger charge is -2.38. The molecule has 0 aliphatic heterocycles. The maximum Gasteiger partial charge on any atom is 0.330 e. The molecule has 0 aromatic rings. The summed E-state index contributed by atoms with van der Waals surface area (Å²) in [6.45, 7) is 21.6. The molecule has 0 heterocycles. The zero-order chi connectivity index (χ0) is 26.7. The first-order valence-electron chi connectivity index (χ1n) is 12.0. The molecule has 0 amide bonds. The maximum absolute atomic E-state index is 12.2. The van der Waals surface area contributed by atoms with Gasteiger partial charge in [0.2, 0.25) is 0 Å². The first-order valence-corrected chi connectivity index (χ1v) is 14.9. The topological polar surface area (TPSA) is 88.1 Å². The van der Waals surface area contributed by atoms with E-state index in [1.54, 1.807) is 46.8 Å². The van der Waals surface area contributed by atoms with Crippen LogP contribution in [0.4, 0.5) is 0 Å². The number of carbonyl (C=O) groups is 3. The van der Waals surface area contributed by atoms with Crippen LogP contribution in [0.1, 0.15) is 81.6 Å². The molecule has 196 valence electrons. The van der Waals surface area contributed by atoms with E-state index in [0.717, 1.165) is 0 Å². The Bertz CT molecular complexity index is 726. The van der Waals surface area contributed by atoms with Gasteiger partial charge in [-0.2, -0.15) is 0 Å². The van der Waals surface area contributed by atoms with Crippen molar-refractivity contribution in [2.45, 2.75) is 124 Å². The molecule has 0 aromatic heterocycles. The highest BCUT2D eigenvalue weighted by molar-refractivity contribution is 6.74. The Morgan fingerprint density at radius 1 is 0.765 bits per heavy atom. The molecule has 0 aliphatic carbocycles. The van der Waals surface area contributed by atoms with Crippen LogP contribution in [0.5, 0.6) is 0 Å². The number of hydrogen-bond donors (Lipinski definition) is 0. The second-order valence-corrected chi connectivity index (χ2v) is 16.0. The summed E-state index contributed by atoms with van der Waals surface area (Å²) < 4.78 is 22.1. The highest BCUT2D eigenvalue weighted by atomic mass is 28.4. The average Bonchev–Trinajstić information content (AvgIpc) is 2.57. The molecule has 0 saturated heterocycles. The van der Waals surface area contributed by atoms with Crippen molar-refractivity contribution < 1.29 is 33.0 Å². The number of rotatable bonds is 12. The zero-order valence-electron chi connectivity index (χ0n) is 23.0. The smallest absolute Gasteiger partial charge is 0.330 e. The van der Waals surface area contributed by atoms with Crippen molar-refractivity contribution in [3.63, 3.8) is 0 Å². The Morgan fingerprint density at radius 3 is 1.71 bits per heavy atom. The van der Waals surface area contributed by atoms with Crippen LogP contribution in [0.25, 0.3) is 0 Å². The molecule has 0 spiro atoms. The van der Waals surface area contributed by atoms with Gasteiger partial charge in [-0.15, -0.1) is 0 Å². The third-order valence-electron chi connectivity index (χ3n) is 5.26. The average molecular weight is 499 g/mol. The highest BCUT2D eigenvalue weighted by Gasteiger charge is 2.38. The summed E-state index contributed by atoms with van der Waals surface area (Å²) in [6, 6.07) is 0. The van der Waals surface area contributed by atoms with E-state index in [-0.39, 0.29) is 29.6 Å². The summed E-state index contributed by atoms with van der Waals surface area (Å²) in [5, 5.41) is 0.0732. The zero-order valence-corrected chi connectivity index (χ0v) is 24.0. The minimum absolute atomic E-state index is 0.0732. The third kappa shape index (κ3) is 15.1. The van der Waals surface area contributed by atoms with Gasteiger partial charge in [-0.05, 0) is 59.7 Å². The second kappa shape index (κ2) is 13.8. The molecule has 0 aromatic carbocycles. The molecule has 0 fully saturated rings. The SMILES string of the molecule is CC(CC=CC(=O)OC(C)(C)C)OC(=O)C=CCC(C)OC(=O)CC(C)O[Si](C)(C)C(C)(C)C. The van der Waals surface area contributed by atoms with Crippen molar-refractivity contribution in [3.05, 3.63) is 24.3 Å². The van der Waals surface area contributed by atoms with E-state index < -0.39 is 32.0 Å². The lowest BCUT2D eigenvalue weighted by atomic mass is 10.2. The molecule has 0 saturated carbocycles. The molecule has 34 heavy (non-hydrogen) atoms. The predicted octanol–water partition coefficient (Wildman–Crippen LogP) is 5.88. The normalized spacial score (nSPS) is 15.7. The van der Waals surface area contributed by atoms with E-state index >= 15 is 0 Å². The Morgan fingerprint density at radius 2 is 1.24 bits per heavy atom. The van der Waals surface area contributed by atoms with Crippen LogP contribution in [0.15, 0.2) is 24.3 Å². The number of hydrogen-bond acceptors (Lipinski definition) is 7. The predicted molar refractivity (Wildman–Crippen MR) is 137 cm³/mol. The van der Waals surface area contributed by atoms with Gasteiger partial charge < -0.3 is 18.6 Å². The van der Waals surface area contributed by atoms with Gasteiger partial charge >= 0.3 is 17.9 Å². The van der Waals surface area contributed by atoms with E-state index in [0.29, 0.717) is 12.8 Å². The molecule has 0 radical (unpaired) electrons. The quantitative estimate of drug-likeness (QED) is 0.144. The summed E-state index contributed by atoms with van der Waals surface area (Å²) in [5.41, 5.74) is -0.549. The first-order chi connectivity index (χ1) is 15.3. The van der Waals surface area contributed by atoms with Crippen LogP contribution in [0.3, 0.4) is 0 Å².